The molecule has 0 aromatic heterocycles. The van der Waals surface area contributed by atoms with Crippen LogP contribution in [0.25, 0.3) is 0 Å². The second-order valence-electron chi connectivity index (χ2n) is 2.81. The SMILES string of the molecule is [3H]c1cc2c(c([3H])c1[3H])C(=O)N(OC(C)=O)C2=O. The molecular formula is C10H7NO4. The predicted molar refractivity (Wildman–Crippen MR) is 48.7 cm³/mol. The van der Waals surface area contributed by atoms with Crippen LogP contribution < -0.4 is 0 Å². The van der Waals surface area contributed by atoms with Crippen molar-refractivity contribution >= 4 is 17.8 Å². The highest BCUT2D eigenvalue weighted by Gasteiger charge is 2.37. The fourth-order valence-electron chi connectivity index (χ4n) is 1.20. The van der Waals surface area contributed by atoms with Gasteiger partial charge in [0.05, 0.1) is 15.2 Å². The van der Waals surface area contributed by atoms with Crippen LogP contribution in [0.2, 0.25) is 0 Å². The highest BCUT2D eigenvalue weighted by atomic mass is 16.7. The van der Waals surface area contributed by atoms with E-state index >= 15 is 0 Å². The minimum atomic E-state index is -0.969. The first-order chi connectivity index (χ1) is 8.34. The van der Waals surface area contributed by atoms with E-state index in [0.29, 0.717) is 0 Å². The lowest BCUT2D eigenvalue weighted by Gasteiger charge is -2.10. The zero-order chi connectivity index (χ0) is 13.6. The molecule has 1 aliphatic heterocycles. The summed E-state index contributed by atoms with van der Waals surface area (Å²) in [6.45, 7) is 1.02. The van der Waals surface area contributed by atoms with Crippen LogP contribution in [0.3, 0.4) is 0 Å². The van der Waals surface area contributed by atoms with Crippen molar-refractivity contribution in [3.8, 4) is 0 Å². The first kappa shape index (κ1) is 6.34. The molecule has 0 atom stereocenters. The average Bonchev–Trinajstić information content (AvgIpc) is 2.51. The number of amides is 2. The largest absolute Gasteiger partial charge is 0.330 e. The molecule has 0 N–H and O–H groups in total. The Morgan fingerprint density at radius 2 is 2.00 bits per heavy atom. The molecule has 1 aliphatic rings. The van der Waals surface area contributed by atoms with Gasteiger partial charge in [0.2, 0.25) is 0 Å². The maximum Gasteiger partial charge on any atom is 0.330 e. The second kappa shape index (κ2) is 3.20. The van der Waals surface area contributed by atoms with E-state index in [1.165, 1.54) is 0 Å². The van der Waals surface area contributed by atoms with Crippen molar-refractivity contribution in [2.75, 3.05) is 0 Å². The molecular weight excluding hydrogens is 198 g/mol. The average molecular weight is 211 g/mol. The van der Waals surface area contributed by atoms with Gasteiger partial charge >= 0.3 is 5.97 Å². The van der Waals surface area contributed by atoms with Crippen molar-refractivity contribution in [3.05, 3.63) is 35.3 Å². The van der Waals surface area contributed by atoms with Crippen molar-refractivity contribution in [1.82, 2.24) is 5.06 Å². The van der Waals surface area contributed by atoms with Gasteiger partial charge in [-0.05, 0) is 12.1 Å². The predicted octanol–water partition coefficient (Wildman–Crippen LogP) is 0.761. The van der Waals surface area contributed by atoms with Crippen LogP contribution in [-0.4, -0.2) is 22.8 Å². The second-order valence-corrected chi connectivity index (χ2v) is 2.81. The van der Waals surface area contributed by atoms with Gasteiger partial charge in [-0.1, -0.05) is 17.1 Å². The molecule has 15 heavy (non-hydrogen) atoms. The number of imide groups is 1. The third kappa shape index (κ3) is 1.38. The molecule has 76 valence electrons. The Morgan fingerprint density at radius 3 is 2.67 bits per heavy atom. The summed E-state index contributed by atoms with van der Waals surface area (Å²) < 4.78 is 22.4. The molecule has 0 bridgehead atoms. The monoisotopic (exact) mass is 211 g/mol. The molecule has 0 spiro atoms. The number of benzene rings is 1. The third-order valence-electron chi connectivity index (χ3n) is 1.78. The van der Waals surface area contributed by atoms with Crippen LogP contribution in [0, 0.1) is 0 Å². The van der Waals surface area contributed by atoms with Gasteiger partial charge in [-0.3, -0.25) is 9.59 Å². The Kier molecular flexibility index (Phi) is 1.35. The van der Waals surface area contributed by atoms with Gasteiger partial charge in [0, 0.05) is 6.92 Å². The molecule has 2 rings (SSSR count). The van der Waals surface area contributed by atoms with Gasteiger partial charge in [0.1, 0.15) is 0 Å². The molecule has 5 heteroatoms. The van der Waals surface area contributed by atoms with E-state index in [1.807, 2.05) is 0 Å². The maximum atomic E-state index is 11.8. The number of carbonyl (C=O) groups is 3. The summed E-state index contributed by atoms with van der Waals surface area (Å²) in [5, 5.41) is 0.240. The first-order valence-electron chi connectivity index (χ1n) is 5.52. The van der Waals surface area contributed by atoms with Crippen LogP contribution in [0.5, 0.6) is 0 Å². The van der Waals surface area contributed by atoms with Crippen molar-refractivity contribution in [3.63, 3.8) is 0 Å². The molecule has 0 fully saturated rings. The molecule has 0 aliphatic carbocycles. The van der Waals surface area contributed by atoms with E-state index in [2.05, 4.69) is 4.84 Å². The van der Waals surface area contributed by atoms with Crippen LogP contribution in [-0.2, 0) is 9.63 Å². The Bertz CT molecular complexity index is 599. The van der Waals surface area contributed by atoms with E-state index in [1.54, 1.807) is 0 Å². The maximum absolute atomic E-state index is 11.8. The van der Waals surface area contributed by atoms with Gasteiger partial charge in [0.25, 0.3) is 11.8 Å². The van der Waals surface area contributed by atoms with Gasteiger partial charge in [0.15, 0.2) is 0 Å². The van der Waals surface area contributed by atoms with E-state index in [0.717, 1.165) is 13.0 Å². The number of hydrogen-bond donors (Lipinski definition) is 0. The van der Waals surface area contributed by atoms with Gasteiger partial charge in [-0.2, -0.15) is 0 Å². The zero-order valence-electron chi connectivity index (χ0n) is 10.7. The number of rotatable bonds is 1. The van der Waals surface area contributed by atoms with Crippen molar-refractivity contribution in [2.24, 2.45) is 0 Å². The van der Waals surface area contributed by atoms with Crippen molar-refractivity contribution in [1.29, 1.82) is 0 Å². The first-order valence-corrected chi connectivity index (χ1v) is 4.02. The van der Waals surface area contributed by atoms with E-state index in [9.17, 15) is 14.4 Å². The fraction of sp³-hybridized carbons (Fsp3) is 0.100. The lowest BCUT2D eigenvalue weighted by molar-refractivity contribution is -0.165. The number of hydrogen-bond acceptors (Lipinski definition) is 4. The quantitative estimate of drug-likeness (QED) is 0.643. The van der Waals surface area contributed by atoms with Crippen LogP contribution in [0.1, 0.15) is 31.8 Å². The molecule has 5 nitrogen and oxygen atoms in total. The Hall–Kier alpha value is -2.17. The third-order valence-corrected chi connectivity index (χ3v) is 1.78. The summed E-state index contributed by atoms with van der Waals surface area (Å²) in [5.74, 6) is -2.73. The van der Waals surface area contributed by atoms with Crippen molar-refractivity contribution in [2.45, 2.75) is 6.92 Å². The summed E-state index contributed by atoms with van der Waals surface area (Å²) in [6, 6.07) is -0.311. The zero-order valence-corrected chi connectivity index (χ0v) is 7.66. The van der Waals surface area contributed by atoms with Crippen LogP contribution >= 0.6 is 0 Å². The van der Waals surface area contributed by atoms with E-state index in [-0.39, 0.29) is 22.2 Å². The minimum Gasteiger partial charge on any atom is -0.330 e. The molecule has 0 unspecified atom stereocenters. The molecule has 1 heterocycles. The number of fused-ring (bicyclic) bond motifs is 1. The van der Waals surface area contributed by atoms with E-state index < -0.39 is 29.9 Å². The Morgan fingerprint density at radius 1 is 1.33 bits per heavy atom. The molecule has 0 radical (unpaired) electrons. The lowest BCUT2D eigenvalue weighted by atomic mass is 10.1. The fourth-order valence-corrected chi connectivity index (χ4v) is 1.20. The van der Waals surface area contributed by atoms with E-state index in [4.69, 9.17) is 4.11 Å². The molecule has 0 saturated heterocycles. The summed E-state index contributed by atoms with van der Waals surface area (Å²) in [7, 11) is 0. The van der Waals surface area contributed by atoms with Crippen molar-refractivity contribution < 1.29 is 23.3 Å². The molecule has 1 aromatic rings. The molecule has 1 aromatic carbocycles. The molecule has 0 saturated carbocycles. The number of nitrogens with zero attached hydrogens (tertiary/aromatic N) is 1. The minimum absolute atomic E-state index is 0.202. The van der Waals surface area contributed by atoms with Crippen LogP contribution in [0.15, 0.2) is 24.2 Å². The standard InChI is InChI=1S/C10H7NO4/c1-6(12)15-11-9(13)7-4-2-3-5-8(7)10(11)14/h2-5H,1H3/i2T,3T,4T. The topological polar surface area (TPSA) is 63.7 Å². The normalized spacial score (nSPS) is 16.9. The van der Waals surface area contributed by atoms with Gasteiger partial charge in [-0.15, -0.1) is 0 Å². The number of carbonyl (C=O) groups excluding carboxylic acids is 3. The Balaban J connectivity index is 2.59. The Labute approximate surface area is 89.4 Å². The highest BCUT2D eigenvalue weighted by Crippen LogP contribution is 2.22. The summed E-state index contributed by atoms with van der Waals surface area (Å²) >= 11 is 0. The summed E-state index contributed by atoms with van der Waals surface area (Å²) in [4.78, 5) is 38.8. The molecule has 2 amide bonds. The van der Waals surface area contributed by atoms with Gasteiger partial charge in [-0.25, -0.2) is 4.79 Å². The van der Waals surface area contributed by atoms with Gasteiger partial charge < -0.3 is 4.84 Å². The summed E-state index contributed by atoms with van der Waals surface area (Å²) in [6.07, 6.45) is 0. The smallest absolute Gasteiger partial charge is 0.330 e. The highest BCUT2D eigenvalue weighted by molar-refractivity contribution is 6.20. The lowest BCUT2D eigenvalue weighted by Crippen LogP contribution is -2.31. The summed E-state index contributed by atoms with van der Waals surface area (Å²) in [5.41, 5.74) is -0.519. The van der Waals surface area contributed by atoms with Crippen LogP contribution in [0.4, 0.5) is 0 Å². The number of hydroxylamine groups is 2.